The van der Waals surface area contributed by atoms with Crippen LogP contribution in [-0.2, 0) is 6.54 Å². The quantitative estimate of drug-likeness (QED) is 0.460. The number of halogens is 1. The molecule has 0 radical (unpaired) electrons. The molecule has 0 atom stereocenters. The third-order valence-corrected chi connectivity index (χ3v) is 4.63. The number of carbonyl (C=O) groups excluding carboxylic acids is 1. The molecule has 0 bridgehead atoms. The summed E-state index contributed by atoms with van der Waals surface area (Å²) >= 11 is 0. The van der Waals surface area contributed by atoms with Crippen molar-refractivity contribution in [1.82, 2.24) is 9.88 Å². The van der Waals surface area contributed by atoms with E-state index in [1.165, 1.54) is 12.1 Å². The first-order chi connectivity index (χ1) is 14.1. The first-order valence-corrected chi connectivity index (χ1v) is 9.22. The van der Waals surface area contributed by atoms with Crippen LogP contribution in [0.15, 0.2) is 89.5 Å². The van der Waals surface area contributed by atoms with E-state index in [4.69, 9.17) is 4.42 Å². The fraction of sp³-hybridized carbons (Fsp3) is 0.0833. The van der Waals surface area contributed by atoms with Gasteiger partial charge in [0.1, 0.15) is 5.82 Å². The van der Waals surface area contributed by atoms with Crippen molar-refractivity contribution in [3.05, 3.63) is 102 Å². The zero-order valence-electron chi connectivity index (χ0n) is 15.9. The summed E-state index contributed by atoms with van der Waals surface area (Å²) in [5.41, 5.74) is 2.90. The smallest absolute Gasteiger partial charge is 0.254 e. The van der Waals surface area contributed by atoms with Gasteiger partial charge in [-0.2, -0.15) is 0 Å². The van der Waals surface area contributed by atoms with E-state index in [0.29, 0.717) is 29.3 Å². The van der Waals surface area contributed by atoms with Crippen LogP contribution in [0.5, 0.6) is 0 Å². The summed E-state index contributed by atoms with van der Waals surface area (Å²) in [6.45, 7) is 0.369. The molecule has 0 aliphatic heterocycles. The van der Waals surface area contributed by atoms with Crippen molar-refractivity contribution in [3.63, 3.8) is 0 Å². The minimum absolute atomic E-state index is 0.163. The SMILES string of the molecule is CN(Cc1ccc(F)cc1)C(=O)c1ccccc1-c1ncc(-c2ccccc2)o1. The summed E-state index contributed by atoms with van der Waals surface area (Å²) < 4.78 is 19.0. The van der Waals surface area contributed by atoms with Crippen molar-refractivity contribution in [1.29, 1.82) is 0 Å². The number of aromatic nitrogens is 1. The molecule has 1 aromatic heterocycles. The van der Waals surface area contributed by atoms with Crippen LogP contribution in [-0.4, -0.2) is 22.8 Å². The Morgan fingerprint density at radius 2 is 1.66 bits per heavy atom. The molecule has 0 aliphatic rings. The van der Waals surface area contributed by atoms with Crippen LogP contribution in [0.2, 0.25) is 0 Å². The van der Waals surface area contributed by atoms with Crippen molar-refractivity contribution in [2.45, 2.75) is 6.54 Å². The third-order valence-electron chi connectivity index (χ3n) is 4.63. The Balaban J connectivity index is 1.60. The predicted molar refractivity (Wildman–Crippen MR) is 110 cm³/mol. The number of amides is 1. The van der Waals surface area contributed by atoms with Gasteiger partial charge in [-0.3, -0.25) is 4.79 Å². The van der Waals surface area contributed by atoms with Gasteiger partial charge in [0.05, 0.1) is 11.8 Å². The highest BCUT2D eigenvalue weighted by atomic mass is 19.1. The molecule has 3 aromatic carbocycles. The first kappa shape index (κ1) is 18.6. The molecule has 144 valence electrons. The Morgan fingerprint density at radius 3 is 2.41 bits per heavy atom. The van der Waals surface area contributed by atoms with Gasteiger partial charge in [0.2, 0.25) is 5.89 Å². The molecule has 1 heterocycles. The molecule has 4 aromatic rings. The number of rotatable bonds is 5. The van der Waals surface area contributed by atoms with Crippen LogP contribution in [0.4, 0.5) is 4.39 Å². The largest absolute Gasteiger partial charge is 0.436 e. The lowest BCUT2D eigenvalue weighted by Gasteiger charge is -2.18. The van der Waals surface area contributed by atoms with Gasteiger partial charge in [-0.05, 0) is 29.8 Å². The van der Waals surface area contributed by atoms with Crippen molar-refractivity contribution in [2.24, 2.45) is 0 Å². The van der Waals surface area contributed by atoms with E-state index in [1.54, 1.807) is 36.3 Å². The highest BCUT2D eigenvalue weighted by molar-refractivity contribution is 5.99. The fourth-order valence-corrected chi connectivity index (χ4v) is 3.13. The highest BCUT2D eigenvalue weighted by Gasteiger charge is 2.20. The lowest BCUT2D eigenvalue weighted by atomic mass is 10.1. The Bertz CT molecular complexity index is 1120. The van der Waals surface area contributed by atoms with Crippen molar-refractivity contribution in [3.8, 4) is 22.8 Å². The molecule has 0 fully saturated rings. The molecule has 0 saturated carbocycles. The third kappa shape index (κ3) is 4.09. The van der Waals surface area contributed by atoms with Gasteiger partial charge in [0, 0.05) is 24.7 Å². The number of carbonyl (C=O) groups is 1. The number of oxazole rings is 1. The molecule has 29 heavy (non-hydrogen) atoms. The summed E-state index contributed by atoms with van der Waals surface area (Å²) in [4.78, 5) is 19.0. The van der Waals surface area contributed by atoms with E-state index in [-0.39, 0.29) is 11.7 Å². The first-order valence-electron chi connectivity index (χ1n) is 9.22. The normalized spacial score (nSPS) is 10.7. The molecular weight excluding hydrogens is 367 g/mol. The van der Waals surface area contributed by atoms with E-state index < -0.39 is 0 Å². The van der Waals surface area contributed by atoms with Crippen LogP contribution in [0.3, 0.4) is 0 Å². The van der Waals surface area contributed by atoms with E-state index >= 15 is 0 Å². The standard InChI is InChI=1S/C24H19FN2O2/c1-27(16-17-11-13-19(25)14-12-17)24(28)21-10-6-5-9-20(21)23-26-15-22(29-23)18-7-3-2-4-8-18/h2-15H,16H2,1H3. The Hall–Kier alpha value is -3.73. The maximum Gasteiger partial charge on any atom is 0.254 e. The second-order valence-corrected chi connectivity index (χ2v) is 6.73. The van der Waals surface area contributed by atoms with Gasteiger partial charge >= 0.3 is 0 Å². The zero-order valence-corrected chi connectivity index (χ0v) is 15.9. The molecule has 0 unspecified atom stereocenters. The number of hydrogen-bond acceptors (Lipinski definition) is 3. The minimum atomic E-state index is -0.300. The van der Waals surface area contributed by atoms with Crippen molar-refractivity contribution in [2.75, 3.05) is 7.05 Å². The topological polar surface area (TPSA) is 46.3 Å². The van der Waals surface area contributed by atoms with Crippen LogP contribution < -0.4 is 0 Å². The van der Waals surface area contributed by atoms with Crippen molar-refractivity contribution < 1.29 is 13.6 Å². The maximum atomic E-state index is 13.1. The maximum absolute atomic E-state index is 13.1. The summed E-state index contributed by atoms with van der Waals surface area (Å²) in [6.07, 6.45) is 1.66. The van der Waals surface area contributed by atoms with Crippen LogP contribution >= 0.6 is 0 Å². The minimum Gasteiger partial charge on any atom is -0.436 e. The van der Waals surface area contributed by atoms with Gasteiger partial charge in [-0.1, -0.05) is 54.6 Å². The number of benzene rings is 3. The van der Waals surface area contributed by atoms with Gasteiger partial charge in [-0.15, -0.1) is 0 Å². The molecule has 5 heteroatoms. The Labute approximate surface area is 168 Å². The summed E-state index contributed by atoms with van der Waals surface area (Å²) in [7, 11) is 1.72. The predicted octanol–water partition coefficient (Wildman–Crippen LogP) is 5.42. The molecule has 0 N–H and O–H groups in total. The fourth-order valence-electron chi connectivity index (χ4n) is 3.13. The monoisotopic (exact) mass is 386 g/mol. The average Bonchev–Trinajstić information content (AvgIpc) is 3.25. The molecule has 1 amide bonds. The highest BCUT2D eigenvalue weighted by Crippen LogP contribution is 2.28. The van der Waals surface area contributed by atoms with Crippen molar-refractivity contribution >= 4 is 5.91 Å². The van der Waals surface area contributed by atoms with Gasteiger partial charge in [-0.25, -0.2) is 9.37 Å². The lowest BCUT2D eigenvalue weighted by Crippen LogP contribution is -2.26. The molecular formula is C24H19FN2O2. The van der Waals surface area contributed by atoms with Crippen LogP contribution in [0.1, 0.15) is 15.9 Å². The molecule has 4 rings (SSSR count). The van der Waals surface area contributed by atoms with Gasteiger partial charge in [0.25, 0.3) is 5.91 Å². The van der Waals surface area contributed by atoms with Gasteiger partial charge < -0.3 is 9.32 Å². The molecule has 0 saturated heterocycles. The second kappa shape index (κ2) is 8.10. The molecule has 4 nitrogen and oxygen atoms in total. The van der Waals surface area contributed by atoms with Gasteiger partial charge in [0.15, 0.2) is 5.76 Å². The second-order valence-electron chi connectivity index (χ2n) is 6.73. The summed E-state index contributed by atoms with van der Waals surface area (Å²) in [5, 5.41) is 0. The molecule has 0 spiro atoms. The number of nitrogens with zero attached hydrogens (tertiary/aromatic N) is 2. The average molecular weight is 386 g/mol. The van der Waals surface area contributed by atoms with E-state index in [2.05, 4.69) is 4.98 Å². The van der Waals surface area contributed by atoms with E-state index in [0.717, 1.165) is 11.1 Å². The summed E-state index contributed by atoms with van der Waals surface area (Å²) in [5.74, 6) is 0.570. The number of hydrogen-bond donors (Lipinski definition) is 0. The molecule has 0 aliphatic carbocycles. The Morgan fingerprint density at radius 1 is 0.966 bits per heavy atom. The zero-order chi connectivity index (χ0) is 20.2. The lowest BCUT2D eigenvalue weighted by molar-refractivity contribution is 0.0785. The van der Waals surface area contributed by atoms with Crippen LogP contribution in [0.25, 0.3) is 22.8 Å². The Kier molecular flexibility index (Phi) is 5.20. The van der Waals surface area contributed by atoms with E-state index in [9.17, 15) is 9.18 Å². The van der Waals surface area contributed by atoms with Crippen LogP contribution in [0, 0.1) is 5.82 Å². The summed E-state index contributed by atoms with van der Waals surface area (Å²) in [6, 6.07) is 23.0. The van der Waals surface area contributed by atoms with E-state index in [1.807, 2.05) is 48.5 Å².